The molecule has 0 aliphatic carbocycles. The van der Waals surface area contributed by atoms with Crippen molar-refractivity contribution in [1.82, 2.24) is 10.2 Å². The SMILES string of the molecule is CCOC(CCNC(=NC)N1CC(C)(C)C1(C)C)C(C)C. The maximum absolute atomic E-state index is 5.80. The Morgan fingerprint density at radius 2 is 1.90 bits per heavy atom. The van der Waals surface area contributed by atoms with Crippen LogP contribution >= 0.6 is 0 Å². The lowest BCUT2D eigenvalue weighted by Gasteiger charge is -2.62. The van der Waals surface area contributed by atoms with Crippen LogP contribution in [0.1, 0.15) is 54.9 Å². The van der Waals surface area contributed by atoms with Crippen molar-refractivity contribution in [3.8, 4) is 0 Å². The van der Waals surface area contributed by atoms with E-state index in [-0.39, 0.29) is 5.54 Å². The number of hydrogen-bond acceptors (Lipinski definition) is 2. The van der Waals surface area contributed by atoms with Crippen molar-refractivity contribution in [1.29, 1.82) is 0 Å². The number of nitrogens with one attached hydrogen (secondary N) is 1. The van der Waals surface area contributed by atoms with Gasteiger partial charge < -0.3 is 15.0 Å². The van der Waals surface area contributed by atoms with Crippen molar-refractivity contribution in [2.24, 2.45) is 16.3 Å². The molecule has 0 aromatic carbocycles. The summed E-state index contributed by atoms with van der Waals surface area (Å²) >= 11 is 0. The van der Waals surface area contributed by atoms with Gasteiger partial charge in [-0.1, -0.05) is 27.7 Å². The molecule has 21 heavy (non-hydrogen) atoms. The molecule has 0 radical (unpaired) electrons. The molecule has 1 N–H and O–H groups in total. The van der Waals surface area contributed by atoms with Gasteiger partial charge in [-0.15, -0.1) is 0 Å². The maximum Gasteiger partial charge on any atom is 0.194 e. The lowest BCUT2D eigenvalue weighted by Crippen LogP contribution is -2.72. The first-order valence-electron chi connectivity index (χ1n) is 8.27. The monoisotopic (exact) mass is 297 g/mol. The van der Waals surface area contributed by atoms with Crippen molar-refractivity contribution in [3.05, 3.63) is 0 Å². The summed E-state index contributed by atoms with van der Waals surface area (Å²) in [6.07, 6.45) is 1.34. The van der Waals surface area contributed by atoms with E-state index >= 15 is 0 Å². The van der Waals surface area contributed by atoms with Gasteiger partial charge in [0, 0.05) is 37.7 Å². The standard InChI is InChI=1S/C17H35N3O/c1-9-21-14(13(2)3)10-11-19-15(18-8)20-12-16(4,5)17(20,6)7/h13-14H,9-12H2,1-8H3,(H,18,19). The average Bonchev–Trinajstić information content (AvgIpc) is 2.40. The van der Waals surface area contributed by atoms with Crippen molar-refractivity contribution in [2.75, 3.05) is 26.7 Å². The smallest absolute Gasteiger partial charge is 0.194 e. The topological polar surface area (TPSA) is 36.9 Å². The molecule has 0 spiro atoms. The Morgan fingerprint density at radius 3 is 2.29 bits per heavy atom. The molecule has 1 aliphatic heterocycles. The van der Waals surface area contributed by atoms with E-state index in [0.717, 1.165) is 32.1 Å². The highest BCUT2D eigenvalue weighted by molar-refractivity contribution is 5.81. The first-order valence-corrected chi connectivity index (χ1v) is 8.27. The average molecular weight is 297 g/mol. The molecule has 1 saturated heterocycles. The van der Waals surface area contributed by atoms with Crippen LogP contribution in [0.5, 0.6) is 0 Å². The van der Waals surface area contributed by atoms with Crippen molar-refractivity contribution < 1.29 is 4.74 Å². The van der Waals surface area contributed by atoms with Crippen LogP contribution < -0.4 is 5.32 Å². The molecule has 1 heterocycles. The van der Waals surface area contributed by atoms with Crippen LogP contribution in [-0.2, 0) is 4.74 Å². The maximum atomic E-state index is 5.80. The Kier molecular flexibility index (Phi) is 6.09. The van der Waals surface area contributed by atoms with Gasteiger partial charge in [0.2, 0.25) is 0 Å². The molecular weight excluding hydrogens is 262 g/mol. The van der Waals surface area contributed by atoms with Gasteiger partial charge in [-0.2, -0.15) is 0 Å². The van der Waals surface area contributed by atoms with Crippen LogP contribution in [0.2, 0.25) is 0 Å². The molecule has 1 atom stereocenters. The summed E-state index contributed by atoms with van der Waals surface area (Å²) in [6, 6.07) is 0. The third kappa shape index (κ3) is 3.91. The summed E-state index contributed by atoms with van der Waals surface area (Å²) in [6.45, 7) is 18.5. The fourth-order valence-electron chi connectivity index (χ4n) is 2.84. The van der Waals surface area contributed by atoms with E-state index in [9.17, 15) is 0 Å². The lowest BCUT2D eigenvalue weighted by atomic mass is 9.65. The zero-order valence-corrected chi connectivity index (χ0v) is 15.3. The minimum absolute atomic E-state index is 0.145. The zero-order valence-electron chi connectivity index (χ0n) is 15.3. The van der Waals surface area contributed by atoms with Crippen LogP contribution in [0, 0.1) is 11.3 Å². The van der Waals surface area contributed by atoms with Crippen LogP contribution in [0.15, 0.2) is 4.99 Å². The largest absolute Gasteiger partial charge is 0.378 e. The van der Waals surface area contributed by atoms with Crippen molar-refractivity contribution in [3.63, 3.8) is 0 Å². The second-order valence-corrected chi connectivity index (χ2v) is 7.53. The molecule has 1 aliphatic rings. The number of guanidine groups is 1. The summed E-state index contributed by atoms with van der Waals surface area (Å²) in [5, 5.41) is 3.50. The first kappa shape index (κ1) is 18.3. The molecule has 1 unspecified atom stereocenters. The molecule has 4 heteroatoms. The highest BCUT2D eigenvalue weighted by atomic mass is 16.5. The Balaban J connectivity index is 2.50. The predicted octanol–water partition coefficient (Wildman–Crippen LogP) is 3.13. The van der Waals surface area contributed by atoms with E-state index in [1.165, 1.54) is 0 Å². The molecule has 0 aromatic heterocycles. The molecule has 1 fully saturated rings. The van der Waals surface area contributed by atoms with E-state index in [1.807, 2.05) is 7.05 Å². The third-order valence-electron chi connectivity index (χ3n) is 5.19. The number of nitrogens with zero attached hydrogens (tertiary/aromatic N) is 2. The molecule has 1 rings (SSSR count). The van der Waals surface area contributed by atoms with Gasteiger partial charge in [-0.3, -0.25) is 4.99 Å². The lowest BCUT2D eigenvalue weighted by molar-refractivity contribution is -0.0669. The Morgan fingerprint density at radius 1 is 1.29 bits per heavy atom. The highest BCUT2D eigenvalue weighted by Gasteiger charge is 2.53. The van der Waals surface area contributed by atoms with Crippen molar-refractivity contribution >= 4 is 5.96 Å². The zero-order chi connectivity index (χ0) is 16.3. The summed E-state index contributed by atoms with van der Waals surface area (Å²) < 4.78 is 5.80. The van der Waals surface area contributed by atoms with Gasteiger partial charge in [0.1, 0.15) is 0 Å². The van der Waals surface area contributed by atoms with Crippen LogP contribution in [-0.4, -0.2) is 49.2 Å². The van der Waals surface area contributed by atoms with Gasteiger partial charge in [-0.05, 0) is 33.1 Å². The van der Waals surface area contributed by atoms with Gasteiger partial charge in [-0.25, -0.2) is 0 Å². The third-order valence-corrected chi connectivity index (χ3v) is 5.19. The van der Waals surface area contributed by atoms with Gasteiger partial charge in [0.15, 0.2) is 5.96 Å². The van der Waals surface area contributed by atoms with E-state index in [1.54, 1.807) is 0 Å². The second kappa shape index (κ2) is 6.99. The second-order valence-electron chi connectivity index (χ2n) is 7.53. The van der Waals surface area contributed by atoms with Crippen LogP contribution in [0.4, 0.5) is 0 Å². The molecule has 124 valence electrons. The van der Waals surface area contributed by atoms with Gasteiger partial charge in [0.25, 0.3) is 0 Å². The molecule has 0 bridgehead atoms. The van der Waals surface area contributed by atoms with E-state index in [0.29, 0.717) is 17.4 Å². The number of aliphatic imine (C=N–C) groups is 1. The quantitative estimate of drug-likeness (QED) is 0.604. The summed E-state index contributed by atoms with van der Waals surface area (Å²) in [5.74, 6) is 1.56. The normalized spacial score (nSPS) is 22.1. The molecule has 4 nitrogen and oxygen atoms in total. The fourth-order valence-corrected chi connectivity index (χ4v) is 2.84. The summed E-state index contributed by atoms with van der Waals surface area (Å²) in [7, 11) is 1.87. The van der Waals surface area contributed by atoms with Crippen LogP contribution in [0.3, 0.4) is 0 Å². The number of likely N-dealkylation sites (tertiary alicyclic amines) is 1. The minimum atomic E-state index is 0.145. The van der Waals surface area contributed by atoms with Crippen molar-refractivity contribution in [2.45, 2.75) is 66.5 Å². The van der Waals surface area contributed by atoms with E-state index in [2.05, 4.69) is 63.7 Å². The molecule has 0 saturated carbocycles. The number of hydrogen-bond donors (Lipinski definition) is 1. The number of ether oxygens (including phenoxy) is 1. The number of rotatable bonds is 6. The first-order chi connectivity index (χ1) is 9.67. The summed E-state index contributed by atoms with van der Waals surface area (Å²) in [4.78, 5) is 6.82. The van der Waals surface area contributed by atoms with Gasteiger partial charge >= 0.3 is 0 Å². The molecule has 0 aromatic rings. The van der Waals surface area contributed by atoms with Crippen LogP contribution in [0.25, 0.3) is 0 Å². The molecule has 0 amide bonds. The Hall–Kier alpha value is -0.770. The van der Waals surface area contributed by atoms with E-state index in [4.69, 9.17) is 4.74 Å². The fraction of sp³-hybridized carbons (Fsp3) is 0.941. The molecular formula is C17H35N3O. The predicted molar refractivity (Wildman–Crippen MR) is 90.8 cm³/mol. The minimum Gasteiger partial charge on any atom is -0.378 e. The van der Waals surface area contributed by atoms with Gasteiger partial charge in [0.05, 0.1) is 6.10 Å². The Bertz CT molecular complexity index is 361. The summed E-state index contributed by atoms with van der Waals surface area (Å²) in [5.41, 5.74) is 0.475. The van der Waals surface area contributed by atoms with E-state index < -0.39 is 0 Å². The Labute approximate surface area is 131 Å². The highest BCUT2D eigenvalue weighted by Crippen LogP contribution is 2.46.